The molecule has 17 heavy (non-hydrogen) atoms. The summed E-state index contributed by atoms with van der Waals surface area (Å²) in [5, 5.41) is 1.91. The van der Waals surface area contributed by atoms with Gasteiger partial charge in [0.2, 0.25) is 0 Å². The highest BCUT2D eigenvalue weighted by Gasteiger charge is 2.12. The quantitative estimate of drug-likeness (QED) is 0.873. The van der Waals surface area contributed by atoms with Crippen LogP contribution in [0.5, 0.6) is 0 Å². The lowest BCUT2D eigenvalue weighted by Gasteiger charge is -2.03. The van der Waals surface area contributed by atoms with Gasteiger partial charge in [-0.1, -0.05) is 0 Å². The number of thiophene rings is 1. The molecule has 1 aromatic heterocycles. The molecule has 1 heterocycles. The van der Waals surface area contributed by atoms with Crippen molar-refractivity contribution in [2.75, 3.05) is 5.73 Å². The standard InChI is InChI=1S/C11H9BrFNOS2/c12-7-3-9(16-5-7)6-17(15)11-2-1-8(14)4-10(11)13/h1-5H,6,14H2. The Kier molecular flexibility index (Phi) is 3.96. The van der Waals surface area contributed by atoms with Crippen LogP contribution in [0.15, 0.2) is 39.0 Å². The Balaban J connectivity index is 2.20. The first kappa shape index (κ1) is 12.7. The minimum absolute atomic E-state index is 0.198. The first-order valence-corrected chi connectivity index (χ1v) is 7.72. The third-order valence-electron chi connectivity index (χ3n) is 2.10. The van der Waals surface area contributed by atoms with Gasteiger partial charge in [0.05, 0.1) is 21.4 Å². The Labute approximate surface area is 113 Å². The van der Waals surface area contributed by atoms with E-state index in [1.54, 1.807) is 6.07 Å². The fraction of sp³-hybridized carbons (Fsp3) is 0.0909. The van der Waals surface area contributed by atoms with Gasteiger partial charge >= 0.3 is 0 Å². The fourth-order valence-electron chi connectivity index (χ4n) is 1.34. The zero-order valence-electron chi connectivity index (χ0n) is 8.65. The number of nitrogens with two attached hydrogens (primary N) is 1. The van der Waals surface area contributed by atoms with E-state index in [4.69, 9.17) is 5.73 Å². The maximum atomic E-state index is 13.5. The van der Waals surface area contributed by atoms with Gasteiger partial charge in [-0.3, -0.25) is 4.21 Å². The summed E-state index contributed by atoms with van der Waals surface area (Å²) in [6.45, 7) is 0. The summed E-state index contributed by atoms with van der Waals surface area (Å²) >= 11 is 4.82. The van der Waals surface area contributed by atoms with E-state index in [1.165, 1.54) is 23.5 Å². The first-order valence-electron chi connectivity index (χ1n) is 4.72. The first-order chi connectivity index (χ1) is 8.06. The van der Waals surface area contributed by atoms with Crippen LogP contribution >= 0.6 is 27.3 Å². The molecule has 0 saturated heterocycles. The summed E-state index contributed by atoms with van der Waals surface area (Å²) < 4.78 is 26.5. The van der Waals surface area contributed by atoms with Gasteiger partial charge in [0.25, 0.3) is 0 Å². The average molecular weight is 334 g/mol. The molecular formula is C11H9BrFNOS2. The SMILES string of the molecule is Nc1ccc(S(=O)Cc2cc(Br)cs2)c(F)c1. The monoisotopic (exact) mass is 333 g/mol. The van der Waals surface area contributed by atoms with Crippen molar-refractivity contribution in [2.24, 2.45) is 0 Å². The highest BCUT2D eigenvalue weighted by atomic mass is 79.9. The minimum atomic E-state index is -1.38. The Morgan fingerprint density at radius 1 is 1.41 bits per heavy atom. The summed E-state index contributed by atoms with van der Waals surface area (Å²) in [5.74, 6) is -0.198. The number of benzene rings is 1. The number of anilines is 1. The maximum absolute atomic E-state index is 13.5. The number of halogens is 2. The molecule has 1 atom stereocenters. The minimum Gasteiger partial charge on any atom is -0.399 e. The second-order valence-electron chi connectivity index (χ2n) is 3.41. The number of nitrogen functional groups attached to an aromatic ring is 1. The molecule has 2 N–H and O–H groups in total. The highest BCUT2D eigenvalue weighted by Crippen LogP contribution is 2.24. The molecule has 6 heteroatoms. The molecule has 0 aliphatic heterocycles. The lowest BCUT2D eigenvalue weighted by molar-refractivity contribution is 0.596. The van der Waals surface area contributed by atoms with Crippen molar-refractivity contribution < 1.29 is 8.60 Å². The van der Waals surface area contributed by atoms with E-state index in [0.29, 0.717) is 11.4 Å². The van der Waals surface area contributed by atoms with Crippen LogP contribution in [0.1, 0.15) is 4.88 Å². The van der Waals surface area contributed by atoms with Crippen LogP contribution in [0.3, 0.4) is 0 Å². The normalized spacial score (nSPS) is 12.6. The fourth-order valence-corrected chi connectivity index (χ4v) is 4.16. The van der Waals surface area contributed by atoms with Gasteiger partial charge in [0.15, 0.2) is 0 Å². The highest BCUT2D eigenvalue weighted by molar-refractivity contribution is 9.10. The maximum Gasteiger partial charge on any atom is 0.141 e. The van der Waals surface area contributed by atoms with Crippen molar-refractivity contribution in [2.45, 2.75) is 10.6 Å². The Morgan fingerprint density at radius 2 is 2.18 bits per heavy atom. The van der Waals surface area contributed by atoms with E-state index in [0.717, 1.165) is 9.35 Å². The van der Waals surface area contributed by atoms with E-state index in [-0.39, 0.29) is 4.90 Å². The Bertz CT molecular complexity index is 570. The molecule has 0 fully saturated rings. The lowest BCUT2D eigenvalue weighted by Crippen LogP contribution is -1.99. The summed E-state index contributed by atoms with van der Waals surface area (Å²) in [4.78, 5) is 1.15. The number of rotatable bonds is 3. The van der Waals surface area contributed by atoms with Crippen LogP contribution in [0.25, 0.3) is 0 Å². The van der Waals surface area contributed by atoms with Gasteiger partial charge in [0, 0.05) is 20.4 Å². The van der Waals surface area contributed by atoms with Crippen molar-refractivity contribution in [1.29, 1.82) is 0 Å². The smallest absolute Gasteiger partial charge is 0.141 e. The third kappa shape index (κ3) is 3.14. The summed E-state index contributed by atoms with van der Waals surface area (Å²) in [6.07, 6.45) is 0. The Morgan fingerprint density at radius 3 is 2.76 bits per heavy atom. The molecular weight excluding hydrogens is 325 g/mol. The van der Waals surface area contributed by atoms with Gasteiger partial charge < -0.3 is 5.73 Å². The van der Waals surface area contributed by atoms with Crippen LogP contribution in [0, 0.1) is 5.82 Å². The zero-order valence-corrected chi connectivity index (χ0v) is 11.9. The molecule has 0 aliphatic carbocycles. The summed E-state index contributed by atoms with van der Waals surface area (Å²) in [5.41, 5.74) is 5.78. The number of hydrogen-bond donors (Lipinski definition) is 1. The van der Waals surface area contributed by atoms with Crippen molar-refractivity contribution in [1.82, 2.24) is 0 Å². The molecule has 1 aromatic carbocycles. The van der Waals surface area contributed by atoms with Gasteiger partial charge in [-0.25, -0.2) is 4.39 Å². The molecule has 0 amide bonds. The van der Waals surface area contributed by atoms with Gasteiger partial charge in [-0.2, -0.15) is 0 Å². The zero-order chi connectivity index (χ0) is 12.4. The van der Waals surface area contributed by atoms with Gasteiger partial charge in [-0.15, -0.1) is 11.3 Å². The summed E-state index contributed by atoms with van der Waals surface area (Å²) in [6, 6.07) is 6.11. The van der Waals surface area contributed by atoms with Gasteiger partial charge in [0.1, 0.15) is 5.82 Å². The van der Waals surface area contributed by atoms with Gasteiger partial charge in [-0.05, 0) is 40.2 Å². The second-order valence-corrected chi connectivity index (χ2v) is 6.74. The predicted molar refractivity (Wildman–Crippen MR) is 72.9 cm³/mol. The largest absolute Gasteiger partial charge is 0.399 e. The van der Waals surface area contributed by atoms with Crippen molar-refractivity contribution in [3.8, 4) is 0 Å². The summed E-state index contributed by atoms with van der Waals surface area (Å²) in [7, 11) is -1.38. The van der Waals surface area contributed by atoms with Crippen LogP contribution in [-0.4, -0.2) is 4.21 Å². The lowest BCUT2D eigenvalue weighted by atomic mass is 10.3. The van der Waals surface area contributed by atoms with E-state index < -0.39 is 16.6 Å². The van der Waals surface area contributed by atoms with Crippen molar-refractivity contribution in [3.05, 3.63) is 44.8 Å². The predicted octanol–water partition coefficient (Wildman–Crippen LogP) is 3.54. The van der Waals surface area contributed by atoms with Crippen LogP contribution in [-0.2, 0) is 16.6 Å². The Hall–Kier alpha value is -0.720. The molecule has 0 saturated carbocycles. The topological polar surface area (TPSA) is 43.1 Å². The molecule has 0 bridgehead atoms. The molecule has 0 radical (unpaired) electrons. The number of hydrogen-bond acceptors (Lipinski definition) is 3. The molecule has 0 aliphatic rings. The van der Waals surface area contributed by atoms with Crippen LogP contribution in [0.4, 0.5) is 10.1 Å². The average Bonchev–Trinajstić information content (AvgIpc) is 2.63. The van der Waals surface area contributed by atoms with Crippen LogP contribution < -0.4 is 5.73 Å². The van der Waals surface area contributed by atoms with Crippen molar-refractivity contribution >= 4 is 43.8 Å². The van der Waals surface area contributed by atoms with E-state index >= 15 is 0 Å². The molecule has 0 spiro atoms. The molecule has 2 aromatic rings. The van der Waals surface area contributed by atoms with E-state index in [2.05, 4.69) is 15.9 Å². The third-order valence-corrected chi connectivity index (χ3v) is 5.37. The molecule has 2 rings (SSSR count). The van der Waals surface area contributed by atoms with Crippen molar-refractivity contribution in [3.63, 3.8) is 0 Å². The van der Waals surface area contributed by atoms with Crippen LogP contribution in [0.2, 0.25) is 0 Å². The van der Waals surface area contributed by atoms with E-state index in [1.807, 2.05) is 11.4 Å². The molecule has 1 unspecified atom stereocenters. The molecule has 90 valence electrons. The molecule has 2 nitrogen and oxygen atoms in total. The second kappa shape index (κ2) is 5.29. The van der Waals surface area contributed by atoms with E-state index in [9.17, 15) is 8.60 Å².